The number of nitro benzene ring substituents is 1. The zero-order chi connectivity index (χ0) is 23.1. The number of ether oxygens (including phenoxy) is 1. The van der Waals surface area contributed by atoms with Crippen molar-refractivity contribution in [2.24, 2.45) is 0 Å². The van der Waals surface area contributed by atoms with Gasteiger partial charge in [0.15, 0.2) is 0 Å². The molecule has 0 fully saturated rings. The van der Waals surface area contributed by atoms with Crippen molar-refractivity contribution in [1.82, 2.24) is 0 Å². The third kappa shape index (κ3) is 5.73. The fourth-order valence-corrected chi connectivity index (χ4v) is 2.96. The summed E-state index contributed by atoms with van der Waals surface area (Å²) in [7, 11) is 1.35. The monoisotopic (exact) mass is 454 g/mol. The molecule has 3 aromatic carbocycles. The molecule has 0 radical (unpaired) electrons. The van der Waals surface area contributed by atoms with Crippen molar-refractivity contribution in [2.45, 2.75) is 0 Å². The summed E-state index contributed by atoms with van der Waals surface area (Å²) in [4.78, 5) is 35.4. The van der Waals surface area contributed by atoms with E-state index in [9.17, 15) is 19.7 Å². The minimum absolute atomic E-state index is 0.147. The Hall–Kier alpha value is -4.11. The van der Waals surface area contributed by atoms with Crippen LogP contribution in [0, 0.1) is 10.1 Å². The van der Waals surface area contributed by atoms with Crippen LogP contribution in [0.2, 0.25) is 5.02 Å². The molecular weight excluding hydrogens is 436 g/mol. The van der Waals surface area contributed by atoms with E-state index in [2.05, 4.69) is 16.0 Å². The molecule has 0 bridgehead atoms. The maximum absolute atomic E-state index is 12.7. The number of non-ortho nitro benzene ring substituents is 1. The van der Waals surface area contributed by atoms with Gasteiger partial charge in [0.05, 0.1) is 35.9 Å². The molecular formula is C22H19ClN4O5. The number of methoxy groups -OCH3 is 1. The number of rotatable bonds is 8. The van der Waals surface area contributed by atoms with Crippen molar-refractivity contribution in [3.8, 4) is 5.75 Å². The Morgan fingerprint density at radius 2 is 1.72 bits per heavy atom. The normalized spacial score (nSPS) is 10.2. The van der Waals surface area contributed by atoms with Gasteiger partial charge in [-0.1, -0.05) is 23.7 Å². The summed E-state index contributed by atoms with van der Waals surface area (Å²) >= 11 is 5.86. The van der Waals surface area contributed by atoms with Crippen molar-refractivity contribution in [1.29, 1.82) is 0 Å². The zero-order valence-electron chi connectivity index (χ0n) is 16.9. The van der Waals surface area contributed by atoms with Gasteiger partial charge in [0.1, 0.15) is 5.75 Å². The van der Waals surface area contributed by atoms with Gasteiger partial charge in [0.25, 0.3) is 11.6 Å². The minimum atomic E-state index is -0.554. The van der Waals surface area contributed by atoms with Gasteiger partial charge >= 0.3 is 0 Å². The number of hydrogen-bond donors (Lipinski definition) is 3. The number of hydrogen-bond acceptors (Lipinski definition) is 6. The summed E-state index contributed by atoms with van der Waals surface area (Å²) in [6.45, 7) is -0.147. The fourth-order valence-electron chi connectivity index (χ4n) is 2.83. The van der Waals surface area contributed by atoms with Gasteiger partial charge in [-0.15, -0.1) is 0 Å². The Kier molecular flexibility index (Phi) is 7.25. The van der Waals surface area contributed by atoms with E-state index in [1.54, 1.807) is 48.5 Å². The molecule has 0 spiro atoms. The van der Waals surface area contributed by atoms with E-state index < -0.39 is 10.8 Å². The summed E-state index contributed by atoms with van der Waals surface area (Å²) in [6.07, 6.45) is 0. The fraction of sp³-hybridized carbons (Fsp3) is 0.0909. The highest BCUT2D eigenvalue weighted by atomic mass is 35.5. The lowest BCUT2D eigenvalue weighted by molar-refractivity contribution is -0.384. The van der Waals surface area contributed by atoms with Crippen LogP contribution in [0.3, 0.4) is 0 Å². The van der Waals surface area contributed by atoms with Crippen molar-refractivity contribution < 1.29 is 19.2 Å². The predicted octanol–water partition coefficient (Wildman–Crippen LogP) is 4.56. The van der Waals surface area contributed by atoms with Crippen LogP contribution in [0.5, 0.6) is 5.75 Å². The largest absolute Gasteiger partial charge is 0.494 e. The van der Waals surface area contributed by atoms with Crippen LogP contribution in [-0.2, 0) is 4.79 Å². The Bertz CT molecular complexity index is 1150. The van der Waals surface area contributed by atoms with E-state index in [1.807, 2.05) is 0 Å². The Balaban J connectivity index is 1.66. The third-order valence-electron chi connectivity index (χ3n) is 4.38. The van der Waals surface area contributed by atoms with E-state index in [4.69, 9.17) is 16.3 Å². The number of halogens is 1. The molecule has 3 aromatic rings. The van der Waals surface area contributed by atoms with Crippen LogP contribution in [-0.4, -0.2) is 30.4 Å². The van der Waals surface area contributed by atoms with Gasteiger partial charge < -0.3 is 20.7 Å². The summed E-state index contributed by atoms with van der Waals surface area (Å²) in [5, 5.41) is 19.8. The number of anilines is 3. The van der Waals surface area contributed by atoms with Gasteiger partial charge in [0.2, 0.25) is 5.91 Å². The standard InChI is InChI=1S/C22H19ClN4O5/c1-32-20-12-16(27(30)31)10-11-19(20)26-21(28)13-24-18-5-3-2-4-17(18)22(29)25-15-8-6-14(23)7-9-15/h2-12,24H,13H2,1H3,(H,25,29)(H,26,28). The van der Waals surface area contributed by atoms with Crippen molar-refractivity contribution >= 4 is 46.2 Å². The third-order valence-corrected chi connectivity index (χ3v) is 4.64. The van der Waals surface area contributed by atoms with Crippen molar-refractivity contribution in [3.05, 3.63) is 87.4 Å². The SMILES string of the molecule is COc1cc([N+](=O)[O-])ccc1NC(=O)CNc1ccccc1C(=O)Nc1ccc(Cl)cc1. The van der Waals surface area contributed by atoms with E-state index in [-0.39, 0.29) is 23.9 Å². The topological polar surface area (TPSA) is 123 Å². The first-order valence-corrected chi connectivity index (χ1v) is 9.77. The molecule has 32 heavy (non-hydrogen) atoms. The van der Waals surface area contributed by atoms with Gasteiger partial charge in [-0.05, 0) is 42.5 Å². The maximum atomic E-state index is 12.7. The van der Waals surface area contributed by atoms with Gasteiger partial charge in [-0.2, -0.15) is 0 Å². The summed E-state index contributed by atoms with van der Waals surface area (Å²) in [5.74, 6) is -0.617. The lowest BCUT2D eigenvalue weighted by Crippen LogP contribution is -2.23. The molecule has 3 N–H and O–H groups in total. The van der Waals surface area contributed by atoms with Gasteiger partial charge in [-0.25, -0.2) is 0 Å². The molecule has 2 amide bonds. The van der Waals surface area contributed by atoms with Crippen LogP contribution < -0.4 is 20.7 Å². The average Bonchev–Trinajstić information content (AvgIpc) is 2.79. The molecule has 0 unspecified atom stereocenters. The van der Waals surface area contributed by atoms with Crippen LogP contribution in [0.15, 0.2) is 66.7 Å². The second-order valence-electron chi connectivity index (χ2n) is 6.55. The number of nitrogens with zero attached hydrogens (tertiary/aromatic N) is 1. The minimum Gasteiger partial charge on any atom is -0.494 e. The number of carbonyl (C=O) groups excluding carboxylic acids is 2. The molecule has 3 rings (SSSR count). The second-order valence-corrected chi connectivity index (χ2v) is 6.99. The molecule has 9 nitrogen and oxygen atoms in total. The summed E-state index contributed by atoms with van der Waals surface area (Å²) in [6, 6.07) is 17.3. The molecule has 0 aromatic heterocycles. The maximum Gasteiger partial charge on any atom is 0.273 e. The van der Waals surface area contributed by atoms with Crippen LogP contribution in [0.25, 0.3) is 0 Å². The van der Waals surface area contributed by atoms with E-state index >= 15 is 0 Å². The van der Waals surface area contributed by atoms with Gasteiger partial charge in [-0.3, -0.25) is 19.7 Å². The predicted molar refractivity (Wildman–Crippen MR) is 123 cm³/mol. The van der Waals surface area contributed by atoms with Crippen LogP contribution >= 0.6 is 11.6 Å². The Morgan fingerprint density at radius 3 is 2.41 bits per heavy atom. The van der Waals surface area contributed by atoms with E-state index in [1.165, 1.54) is 25.3 Å². The number of para-hydroxylation sites is 1. The lowest BCUT2D eigenvalue weighted by atomic mass is 10.1. The van der Waals surface area contributed by atoms with Gasteiger partial charge in [0, 0.05) is 22.5 Å². The Labute approximate surface area is 188 Å². The number of amides is 2. The molecule has 0 aliphatic rings. The molecule has 0 saturated carbocycles. The first-order chi connectivity index (χ1) is 15.4. The molecule has 0 heterocycles. The smallest absolute Gasteiger partial charge is 0.273 e. The van der Waals surface area contributed by atoms with Crippen LogP contribution in [0.4, 0.5) is 22.7 Å². The summed E-state index contributed by atoms with van der Waals surface area (Å²) < 4.78 is 5.11. The Morgan fingerprint density at radius 1 is 1.00 bits per heavy atom. The highest BCUT2D eigenvalue weighted by molar-refractivity contribution is 6.30. The van der Waals surface area contributed by atoms with E-state index in [0.29, 0.717) is 27.6 Å². The first-order valence-electron chi connectivity index (χ1n) is 9.39. The molecule has 0 aliphatic carbocycles. The highest BCUT2D eigenvalue weighted by Gasteiger charge is 2.15. The zero-order valence-corrected chi connectivity index (χ0v) is 17.7. The second kappa shape index (κ2) is 10.3. The molecule has 0 atom stereocenters. The number of benzene rings is 3. The lowest BCUT2D eigenvalue weighted by Gasteiger charge is -2.13. The van der Waals surface area contributed by atoms with Crippen molar-refractivity contribution in [3.63, 3.8) is 0 Å². The van der Waals surface area contributed by atoms with Crippen molar-refractivity contribution in [2.75, 3.05) is 29.6 Å². The van der Waals surface area contributed by atoms with Crippen LogP contribution in [0.1, 0.15) is 10.4 Å². The average molecular weight is 455 g/mol. The summed E-state index contributed by atoms with van der Waals surface area (Å²) in [5.41, 5.74) is 1.53. The number of nitro groups is 1. The first kappa shape index (κ1) is 22.6. The number of carbonyl (C=O) groups is 2. The highest BCUT2D eigenvalue weighted by Crippen LogP contribution is 2.29. The molecule has 10 heteroatoms. The molecule has 0 saturated heterocycles. The molecule has 0 aliphatic heterocycles. The molecule has 164 valence electrons. The number of nitrogens with one attached hydrogen (secondary N) is 3. The van der Waals surface area contributed by atoms with E-state index in [0.717, 1.165) is 0 Å². The quantitative estimate of drug-likeness (QED) is 0.338.